The molecule has 0 spiro atoms. The molecule has 0 amide bonds. The molecule has 1 aliphatic rings. The summed E-state index contributed by atoms with van der Waals surface area (Å²) in [6.07, 6.45) is 3.73. The average Bonchev–Trinajstić information content (AvgIpc) is 3.57. The maximum Gasteiger partial charge on any atom is 0.198 e. The fourth-order valence-electron chi connectivity index (χ4n) is 8.10. The van der Waals surface area contributed by atoms with Crippen LogP contribution in [0.2, 0.25) is 0 Å². The quantitative estimate of drug-likeness (QED) is 0.181. The van der Waals surface area contributed by atoms with Crippen molar-refractivity contribution >= 4 is 66.9 Å². The van der Waals surface area contributed by atoms with Gasteiger partial charge in [0, 0.05) is 22.1 Å². The van der Waals surface area contributed by atoms with Gasteiger partial charge in [0.15, 0.2) is 11.7 Å². The van der Waals surface area contributed by atoms with Crippen LogP contribution >= 0.6 is 0 Å². The Kier molecular flexibility index (Phi) is 7.85. The molecule has 9 aromatic rings. The molecule has 5 nitrogen and oxygen atoms in total. The topological polar surface area (TPSA) is 75.9 Å². The van der Waals surface area contributed by atoms with Crippen molar-refractivity contribution in [1.29, 1.82) is 0 Å². The van der Waals surface area contributed by atoms with Crippen LogP contribution in [-0.2, 0) is 0 Å². The zero-order valence-electron chi connectivity index (χ0n) is 30.2. The number of benzene rings is 8. The number of fused-ring (bicyclic) bond motifs is 4. The molecule has 1 aromatic heterocycles. The zero-order chi connectivity index (χ0) is 36.9. The Morgan fingerprint density at radius 2 is 1.18 bits per heavy atom. The lowest BCUT2D eigenvalue weighted by Crippen LogP contribution is -2.33. The Bertz CT molecular complexity index is 3040. The van der Waals surface area contributed by atoms with Gasteiger partial charge in [-0.2, -0.15) is 0 Å². The molecule has 0 saturated carbocycles. The largest absolute Gasteiger partial charge is 0.440 e. The first-order chi connectivity index (χ1) is 27.1. The highest BCUT2D eigenvalue weighted by Gasteiger charge is 2.24. The molecule has 2 heterocycles. The number of furan rings is 1. The molecular formula is C50H36N4O. The van der Waals surface area contributed by atoms with Crippen LogP contribution in [0.1, 0.15) is 35.3 Å². The highest BCUT2D eigenvalue weighted by Crippen LogP contribution is 2.43. The maximum absolute atomic E-state index is 6.37. The molecule has 5 heteroatoms. The molecule has 1 atom stereocenters. The molecule has 0 fully saturated rings. The van der Waals surface area contributed by atoms with Gasteiger partial charge in [-0.15, -0.1) is 0 Å². The number of nitrogen functional groups attached to an aromatic ring is 1. The van der Waals surface area contributed by atoms with Crippen molar-refractivity contribution in [2.45, 2.75) is 13.1 Å². The fraction of sp³-hybridized carbons (Fsp3) is 0.0400. The number of aliphatic imine (C=N–C) groups is 2. The van der Waals surface area contributed by atoms with Gasteiger partial charge >= 0.3 is 0 Å². The number of hydrogen-bond acceptors (Lipinski definition) is 5. The summed E-state index contributed by atoms with van der Waals surface area (Å²) in [5, 5.41) is 11.6. The molecule has 262 valence electrons. The minimum atomic E-state index is -0.298. The second-order valence-corrected chi connectivity index (χ2v) is 13.9. The van der Waals surface area contributed by atoms with E-state index < -0.39 is 0 Å². The molecule has 55 heavy (non-hydrogen) atoms. The lowest BCUT2D eigenvalue weighted by molar-refractivity contribution is 0.636. The van der Waals surface area contributed by atoms with E-state index in [1.807, 2.05) is 37.3 Å². The predicted molar refractivity (Wildman–Crippen MR) is 231 cm³/mol. The first-order valence-corrected chi connectivity index (χ1v) is 18.6. The minimum absolute atomic E-state index is 0.298. The Morgan fingerprint density at radius 3 is 1.87 bits per heavy atom. The normalized spacial score (nSPS) is 14.5. The molecular weight excluding hydrogens is 673 g/mol. The molecule has 0 radical (unpaired) electrons. The second kappa shape index (κ2) is 13.3. The Hall–Kier alpha value is -7.24. The van der Waals surface area contributed by atoms with Crippen LogP contribution in [0.5, 0.6) is 0 Å². The van der Waals surface area contributed by atoms with Gasteiger partial charge in [-0.3, -0.25) is 0 Å². The monoisotopic (exact) mass is 708 g/mol. The second-order valence-electron chi connectivity index (χ2n) is 13.9. The summed E-state index contributed by atoms with van der Waals surface area (Å²) in [7, 11) is 0. The molecule has 3 N–H and O–H groups in total. The smallest absolute Gasteiger partial charge is 0.198 e. The highest BCUT2D eigenvalue weighted by atomic mass is 16.3. The third-order valence-electron chi connectivity index (χ3n) is 10.7. The first kappa shape index (κ1) is 32.4. The summed E-state index contributed by atoms with van der Waals surface area (Å²) in [6, 6.07) is 57.6. The average molecular weight is 709 g/mol. The van der Waals surface area contributed by atoms with Crippen molar-refractivity contribution in [2.24, 2.45) is 9.98 Å². The van der Waals surface area contributed by atoms with Gasteiger partial charge in [-0.05, 0) is 85.3 Å². The molecule has 10 rings (SSSR count). The van der Waals surface area contributed by atoms with E-state index >= 15 is 0 Å². The molecule has 1 unspecified atom stereocenters. The van der Waals surface area contributed by atoms with Crippen LogP contribution in [0.4, 0.5) is 5.88 Å². The van der Waals surface area contributed by atoms with Crippen molar-refractivity contribution < 1.29 is 4.42 Å². The summed E-state index contributed by atoms with van der Waals surface area (Å²) >= 11 is 0. The standard InChI is InChI=1S/C50H36N4O/c1-2-13-44-46-42(22-12-23-45(46)55-47(44)51)41-27-26-39(35-18-8-9-19-36(35)41)40-28-29-43(38-21-11-10-20-37(38)40)50-53-48(32-15-4-3-5-16-32)52-49(54-50)34-25-24-31-14-6-7-17-33(31)30-34/h2-30,48H,51H2,1H3,(H,52,53,54)/b13-2-. The first-order valence-electron chi connectivity index (χ1n) is 18.6. The molecule has 0 saturated heterocycles. The van der Waals surface area contributed by atoms with E-state index in [1.165, 1.54) is 16.2 Å². The van der Waals surface area contributed by atoms with Crippen LogP contribution in [0.25, 0.3) is 71.6 Å². The van der Waals surface area contributed by atoms with Gasteiger partial charge in [0.1, 0.15) is 17.6 Å². The Balaban J connectivity index is 1.14. The van der Waals surface area contributed by atoms with E-state index in [0.29, 0.717) is 11.7 Å². The number of nitrogens with two attached hydrogens (primary N) is 1. The van der Waals surface area contributed by atoms with E-state index in [0.717, 1.165) is 77.5 Å². The van der Waals surface area contributed by atoms with E-state index in [9.17, 15) is 0 Å². The third kappa shape index (κ3) is 5.56. The van der Waals surface area contributed by atoms with Crippen LogP contribution in [0, 0.1) is 0 Å². The van der Waals surface area contributed by atoms with E-state index in [4.69, 9.17) is 20.1 Å². The van der Waals surface area contributed by atoms with Crippen molar-refractivity contribution in [1.82, 2.24) is 5.32 Å². The predicted octanol–water partition coefficient (Wildman–Crippen LogP) is 12.3. The number of amidine groups is 2. The number of rotatable bonds is 6. The summed E-state index contributed by atoms with van der Waals surface area (Å²) in [4.78, 5) is 10.5. The van der Waals surface area contributed by atoms with Crippen molar-refractivity contribution in [3.8, 4) is 22.3 Å². The van der Waals surface area contributed by atoms with Gasteiger partial charge < -0.3 is 15.5 Å². The van der Waals surface area contributed by atoms with Gasteiger partial charge in [-0.25, -0.2) is 9.98 Å². The van der Waals surface area contributed by atoms with E-state index in [1.54, 1.807) is 0 Å². The van der Waals surface area contributed by atoms with E-state index in [2.05, 4.69) is 151 Å². The van der Waals surface area contributed by atoms with Gasteiger partial charge in [0.2, 0.25) is 0 Å². The van der Waals surface area contributed by atoms with Crippen LogP contribution in [-0.4, -0.2) is 11.7 Å². The van der Waals surface area contributed by atoms with Crippen molar-refractivity contribution in [3.05, 3.63) is 192 Å². The number of nitrogens with zero attached hydrogens (tertiary/aromatic N) is 2. The zero-order valence-corrected chi connectivity index (χ0v) is 30.2. The molecule has 1 aliphatic heterocycles. The number of anilines is 1. The van der Waals surface area contributed by atoms with Crippen LogP contribution in [0.15, 0.2) is 184 Å². The Labute approximate surface area is 318 Å². The SMILES string of the molecule is C/C=C\c1c(N)oc2cccc(-c3ccc(-c4ccc(C5=NC(c6ccccc6)NC(c6ccc7ccccc7c6)=N5)c5ccccc45)c4ccccc34)c12. The molecule has 8 aromatic carbocycles. The van der Waals surface area contributed by atoms with Crippen LogP contribution < -0.4 is 11.1 Å². The third-order valence-corrected chi connectivity index (χ3v) is 10.7. The fourth-order valence-corrected chi connectivity index (χ4v) is 8.10. The minimum Gasteiger partial charge on any atom is -0.440 e. The number of hydrogen-bond donors (Lipinski definition) is 2. The number of allylic oxidation sites excluding steroid dienone is 1. The summed E-state index contributed by atoms with van der Waals surface area (Å²) < 4.78 is 6.01. The van der Waals surface area contributed by atoms with Gasteiger partial charge in [0.05, 0.1) is 0 Å². The highest BCUT2D eigenvalue weighted by molar-refractivity contribution is 6.20. The van der Waals surface area contributed by atoms with E-state index in [-0.39, 0.29) is 6.17 Å². The van der Waals surface area contributed by atoms with Crippen LogP contribution in [0.3, 0.4) is 0 Å². The number of nitrogens with one attached hydrogen (secondary N) is 1. The summed E-state index contributed by atoms with van der Waals surface area (Å²) in [6.45, 7) is 2.00. The van der Waals surface area contributed by atoms with Crippen molar-refractivity contribution in [3.63, 3.8) is 0 Å². The van der Waals surface area contributed by atoms with Crippen molar-refractivity contribution in [2.75, 3.05) is 5.73 Å². The lowest BCUT2D eigenvalue weighted by atomic mass is 9.88. The Morgan fingerprint density at radius 1 is 0.582 bits per heavy atom. The maximum atomic E-state index is 6.37. The van der Waals surface area contributed by atoms with Gasteiger partial charge in [-0.1, -0.05) is 158 Å². The lowest BCUT2D eigenvalue weighted by Gasteiger charge is -2.24. The molecule has 0 aliphatic carbocycles. The summed E-state index contributed by atoms with van der Waals surface area (Å²) in [5.41, 5.74) is 15.7. The summed E-state index contributed by atoms with van der Waals surface area (Å²) in [5.74, 6) is 1.92. The van der Waals surface area contributed by atoms with Gasteiger partial charge in [0.25, 0.3) is 0 Å². The molecule has 0 bridgehead atoms.